The molecule has 0 bridgehead atoms. The number of ether oxygens (including phenoxy) is 2. The van der Waals surface area contributed by atoms with Crippen LogP contribution in [0.2, 0.25) is 0 Å². The van der Waals surface area contributed by atoms with Crippen LogP contribution in [0, 0.1) is 0 Å². The van der Waals surface area contributed by atoms with Crippen LogP contribution in [-0.2, 0) is 0 Å². The smallest absolute Gasteiger partial charge is 0.227 e. The number of fused-ring (bicyclic) bond motifs is 1. The molecule has 2 N–H and O–H groups in total. The van der Waals surface area contributed by atoms with Crippen LogP contribution < -0.4 is 20.1 Å². The van der Waals surface area contributed by atoms with Gasteiger partial charge in [0.2, 0.25) is 5.95 Å². The topological polar surface area (TPSA) is 68.3 Å². The normalized spacial score (nSPS) is 15.0. The van der Waals surface area contributed by atoms with E-state index in [1.54, 1.807) is 7.11 Å². The average Bonchev–Trinajstić information content (AvgIpc) is 2.69. The van der Waals surface area contributed by atoms with Gasteiger partial charge in [0.05, 0.1) is 7.11 Å². The van der Waals surface area contributed by atoms with Crippen molar-refractivity contribution in [2.24, 2.45) is 0 Å². The molecule has 1 saturated heterocycles. The second kappa shape index (κ2) is 7.58. The first kappa shape index (κ1) is 16.6. The minimum absolute atomic E-state index is 0.228. The lowest BCUT2D eigenvalue weighted by Gasteiger charge is -2.24. The van der Waals surface area contributed by atoms with Gasteiger partial charge in [-0.15, -0.1) is 0 Å². The van der Waals surface area contributed by atoms with E-state index in [-0.39, 0.29) is 6.10 Å². The molecule has 0 aliphatic carbocycles. The Morgan fingerprint density at radius 1 is 1.12 bits per heavy atom. The summed E-state index contributed by atoms with van der Waals surface area (Å²) in [5.41, 5.74) is 1.70. The van der Waals surface area contributed by atoms with Gasteiger partial charge in [0.1, 0.15) is 23.1 Å². The van der Waals surface area contributed by atoms with E-state index in [0.29, 0.717) is 5.95 Å². The van der Waals surface area contributed by atoms with Gasteiger partial charge in [0, 0.05) is 23.3 Å². The van der Waals surface area contributed by atoms with Gasteiger partial charge in [-0.3, -0.25) is 0 Å². The standard InChI is InChI=1S/C20H22N4O2/c1-25-17-6-3-5-15(12-17)23-20-22-13-14-4-2-7-18(19(14)24-20)26-16-8-10-21-11-9-16/h2-7,12-13,16,21H,8-11H2,1H3,(H,22,23,24). The third-order valence-corrected chi connectivity index (χ3v) is 4.48. The Morgan fingerprint density at radius 2 is 1.96 bits per heavy atom. The van der Waals surface area contributed by atoms with Crippen LogP contribution in [0.3, 0.4) is 0 Å². The second-order valence-corrected chi connectivity index (χ2v) is 6.31. The molecule has 1 aliphatic heterocycles. The monoisotopic (exact) mass is 350 g/mol. The molecule has 0 radical (unpaired) electrons. The van der Waals surface area contributed by atoms with Crippen molar-refractivity contribution in [1.82, 2.24) is 15.3 Å². The molecular formula is C20H22N4O2. The molecular weight excluding hydrogens is 328 g/mol. The molecule has 3 aromatic rings. The van der Waals surface area contributed by atoms with E-state index >= 15 is 0 Å². The van der Waals surface area contributed by atoms with Crippen LogP contribution in [0.4, 0.5) is 11.6 Å². The summed E-state index contributed by atoms with van der Waals surface area (Å²) in [6, 6.07) is 13.6. The Balaban J connectivity index is 1.61. The third kappa shape index (κ3) is 3.70. The molecule has 1 fully saturated rings. The minimum Gasteiger partial charge on any atom is -0.497 e. The van der Waals surface area contributed by atoms with Gasteiger partial charge in [0.15, 0.2) is 0 Å². The van der Waals surface area contributed by atoms with Crippen molar-refractivity contribution in [3.8, 4) is 11.5 Å². The van der Waals surface area contributed by atoms with Crippen LogP contribution in [0.25, 0.3) is 10.9 Å². The number of aromatic nitrogens is 2. The van der Waals surface area contributed by atoms with E-state index in [2.05, 4.69) is 20.6 Å². The van der Waals surface area contributed by atoms with Gasteiger partial charge in [-0.2, -0.15) is 0 Å². The lowest BCUT2D eigenvalue weighted by Crippen LogP contribution is -2.34. The quantitative estimate of drug-likeness (QED) is 0.734. The van der Waals surface area contributed by atoms with Gasteiger partial charge in [-0.25, -0.2) is 9.97 Å². The summed E-state index contributed by atoms with van der Waals surface area (Å²) in [7, 11) is 1.65. The SMILES string of the molecule is COc1cccc(Nc2ncc3cccc(OC4CCNCC4)c3n2)c1. The summed E-state index contributed by atoms with van der Waals surface area (Å²) >= 11 is 0. The highest BCUT2D eigenvalue weighted by molar-refractivity contribution is 5.85. The molecule has 0 spiro atoms. The van der Waals surface area contributed by atoms with E-state index in [1.807, 2.05) is 48.7 Å². The van der Waals surface area contributed by atoms with Crippen molar-refractivity contribution in [3.05, 3.63) is 48.7 Å². The third-order valence-electron chi connectivity index (χ3n) is 4.48. The lowest BCUT2D eigenvalue weighted by molar-refractivity contribution is 0.164. The molecule has 26 heavy (non-hydrogen) atoms. The number of hydrogen-bond donors (Lipinski definition) is 2. The lowest BCUT2D eigenvalue weighted by atomic mass is 10.1. The molecule has 1 aliphatic rings. The number of nitrogens with one attached hydrogen (secondary N) is 2. The Hall–Kier alpha value is -2.86. The Morgan fingerprint density at radius 3 is 2.81 bits per heavy atom. The first-order valence-electron chi connectivity index (χ1n) is 8.86. The predicted octanol–water partition coefficient (Wildman–Crippen LogP) is 3.51. The fraction of sp³-hybridized carbons (Fsp3) is 0.300. The van der Waals surface area contributed by atoms with Crippen LogP contribution in [0.15, 0.2) is 48.7 Å². The van der Waals surface area contributed by atoms with Crippen molar-refractivity contribution in [2.45, 2.75) is 18.9 Å². The zero-order valence-electron chi connectivity index (χ0n) is 14.7. The maximum Gasteiger partial charge on any atom is 0.227 e. The van der Waals surface area contributed by atoms with Gasteiger partial charge in [0.25, 0.3) is 0 Å². The summed E-state index contributed by atoms with van der Waals surface area (Å²) in [5, 5.41) is 7.56. The molecule has 0 saturated carbocycles. The first-order chi connectivity index (χ1) is 12.8. The highest BCUT2D eigenvalue weighted by Crippen LogP contribution is 2.27. The number of hydrogen-bond acceptors (Lipinski definition) is 6. The highest BCUT2D eigenvalue weighted by atomic mass is 16.5. The maximum atomic E-state index is 6.23. The van der Waals surface area contributed by atoms with Crippen LogP contribution in [0.1, 0.15) is 12.8 Å². The number of rotatable bonds is 5. The van der Waals surface area contributed by atoms with Gasteiger partial charge >= 0.3 is 0 Å². The molecule has 1 aromatic heterocycles. The summed E-state index contributed by atoms with van der Waals surface area (Å²) in [5.74, 6) is 2.13. The first-order valence-corrected chi connectivity index (χ1v) is 8.86. The van der Waals surface area contributed by atoms with E-state index in [0.717, 1.165) is 54.0 Å². The van der Waals surface area contributed by atoms with Crippen molar-refractivity contribution < 1.29 is 9.47 Å². The Kier molecular flexibility index (Phi) is 4.84. The van der Waals surface area contributed by atoms with Crippen LogP contribution in [0.5, 0.6) is 11.5 Å². The van der Waals surface area contributed by atoms with E-state index in [9.17, 15) is 0 Å². The zero-order chi connectivity index (χ0) is 17.8. The molecule has 2 aromatic carbocycles. The summed E-state index contributed by atoms with van der Waals surface area (Å²) in [6.07, 6.45) is 4.07. The number of anilines is 2. The number of nitrogens with zero attached hydrogens (tertiary/aromatic N) is 2. The van der Waals surface area contributed by atoms with E-state index < -0.39 is 0 Å². The summed E-state index contributed by atoms with van der Waals surface area (Å²) in [4.78, 5) is 9.10. The molecule has 4 rings (SSSR count). The maximum absolute atomic E-state index is 6.23. The number of benzene rings is 2. The predicted molar refractivity (Wildman–Crippen MR) is 102 cm³/mol. The van der Waals surface area contributed by atoms with Crippen molar-refractivity contribution in [3.63, 3.8) is 0 Å². The Bertz CT molecular complexity index is 894. The summed E-state index contributed by atoms with van der Waals surface area (Å²) in [6.45, 7) is 1.99. The largest absolute Gasteiger partial charge is 0.497 e. The fourth-order valence-electron chi connectivity index (χ4n) is 3.11. The van der Waals surface area contributed by atoms with Crippen molar-refractivity contribution in [2.75, 3.05) is 25.5 Å². The highest BCUT2D eigenvalue weighted by Gasteiger charge is 2.16. The Labute approximate surface area is 152 Å². The van der Waals surface area contributed by atoms with Gasteiger partial charge in [-0.05, 0) is 44.1 Å². The van der Waals surface area contributed by atoms with Gasteiger partial charge in [-0.1, -0.05) is 18.2 Å². The number of para-hydroxylation sites is 1. The molecule has 6 heteroatoms. The molecule has 2 heterocycles. The molecule has 0 unspecified atom stereocenters. The van der Waals surface area contributed by atoms with Crippen molar-refractivity contribution >= 4 is 22.5 Å². The van der Waals surface area contributed by atoms with Crippen molar-refractivity contribution in [1.29, 1.82) is 0 Å². The fourth-order valence-corrected chi connectivity index (χ4v) is 3.11. The summed E-state index contributed by atoms with van der Waals surface area (Å²) < 4.78 is 11.5. The zero-order valence-corrected chi connectivity index (χ0v) is 14.7. The van der Waals surface area contributed by atoms with Crippen LogP contribution >= 0.6 is 0 Å². The average molecular weight is 350 g/mol. The van der Waals surface area contributed by atoms with Gasteiger partial charge < -0.3 is 20.1 Å². The van der Waals surface area contributed by atoms with Crippen LogP contribution in [-0.4, -0.2) is 36.3 Å². The molecule has 0 atom stereocenters. The molecule has 0 amide bonds. The number of piperidine rings is 1. The second-order valence-electron chi connectivity index (χ2n) is 6.31. The molecule has 134 valence electrons. The molecule has 6 nitrogen and oxygen atoms in total. The van der Waals surface area contributed by atoms with E-state index in [1.165, 1.54) is 0 Å². The minimum atomic E-state index is 0.228. The van der Waals surface area contributed by atoms with E-state index in [4.69, 9.17) is 9.47 Å². The number of methoxy groups -OCH3 is 1.